The first-order valence-electron chi connectivity index (χ1n) is 17.3. The lowest BCUT2D eigenvalue weighted by Gasteiger charge is -2.32. The van der Waals surface area contributed by atoms with Crippen molar-refractivity contribution in [2.24, 2.45) is 17.8 Å². The summed E-state index contributed by atoms with van der Waals surface area (Å²) in [6.45, 7) is 2.37. The number of benzene rings is 1. The third kappa shape index (κ3) is 7.11. The van der Waals surface area contributed by atoms with Gasteiger partial charge in [-0.15, -0.1) is 0 Å². The van der Waals surface area contributed by atoms with Crippen LogP contribution in [0.25, 0.3) is 10.8 Å². The number of methoxy groups -OCH3 is 1. The van der Waals surface area contributed by atoms with Crippen LogP contribution in [0.5, 0.6) is 11.6 Å². The van der Waals surface area contributed by atoms with E-state index >= 15 is 0 Å². The lowest BCUT2D eigenvalue weighted by molar-refractivity contribution is -0.142. The molecule has 282 valence electrons. The number of hydrogen-bond donors (Lipinski definition) is 4. The number of fused-ring (bicyclic) bond motifs is 3. The van der Waals surface area contributed by atoms with Crippen LogP contribution in [0.3, 0.4) is 0 Å². The number of pyridine rings is 1. The highest BCUT2D eigenvalue weighted by Crippen LogP contribution is 2.48. The number of nitrogens with one attached hydrogen (secondary N) is 3. The lowest BCUT2D eigenvalue weighted by atomic mass is 9.88. The largest absolute Gasteiger partial charge is 0.494 e. The second-order valence-electron chi connectivity index (χ2n) is 14.6. The number of ether oxygens (including phenoxy) is 2. The maximum Gasteiger partial charge on any atom is 0.405 e. The molecule has 6 rings (SSSR count). The van der Waals surface area contributed by atoms with E-state index in [1.54, 1.807) is 13.0 Å². The van der Waals surface area contributed by atoms with Crippen LogP contribution in [0.2, 0.25) is 0 Å². The van der Waals surface area contributed by atoms with Crippen LogP contribution in [0.1, 0.15) is 58.8 Å². The third-order valence-corrected chi connectivity index (χ3v) is 12.9. The number of hydrogen-bond acceptors (Lipinski definition) is 9. The minimum absolute atomic E-state index is 0.00798. The van der Waals surface area contributed by atoms with Gasteiger partial charge in [0.15, 0.2) is 0 Å². The van der Waals surface area contributed by atoms with Gasteiger partial charge in [-0.3, -0.25) is 19.1 Å². The molecule has 3 heterocycles. The van der Waals surface area contributed by atoms with E-state index in [9.17, 15) is 41.5 Å². The van der Waals surface area contributed by atoms with E-state index in [4.69, 9.17) is 9.47 Å². The van der Waals surface area contributed by atoms with Gasteiger partial charge >= 0.3 is 6.09 Å². The molecule has 2 saturated carbocycles. The summed E-state index contributed by atoms with van der Waals surface area (Å²) in [4.78, 5) is 59.8. The number of nitrogens with zero attached hydrogens (tertiary/aromatic N) is 2. The van der Waals surface area contributed by atoms with Crippen LogP contribution in [-0.2, 0) is 24.4 Å². The Morgan fingerprint density at radius 3 is 2.60 bits per heavy atom. The number of amides is 4. The molecule has 1 aromatic carbocycles. The number of allylic oxidation sites excluding steroid dienone is 1. The summed E-state index contributed by atoms with van der Waals surface area (Å²) in [6, 6.07) is 1.44. The Morgan fingerprint density at radius 1 is 1.17 bits per heavy atom. The Kier molecular flexibility index (Phi) is 10.1. The zero-order chi connectivity index (χ0) is 37.6. The number of aromatic nitrogens is 1. The van der Waals surface area contributed by atoms with E-state index in [0.29, 0.717) is 30.4 Å². The number of sulfonamides is 1. The standard InChI is InChI=1S/C35H43F2N5O9S/c1-19-6-4-5-7-21-15-35(21,32(45)41-52(48,49)34(18-36)10-11-34)40-29(43)26-14-23(17-42(26)31(44)28(20(2)12-19)39-33(46)47)51-30-25-13-22(37)8-9-24(25)27(50-3)16-38-30/h5,7-9,13,16,19-21,23,26,28,39H,4,6,10-12,14-15,17-18H2,1-3H3,(H,40,43)(H,41,45)(H,46,47)/t19-,20+,21+,23+,26-,28-,35+/m0/s1. The van der Waals surface area contributed by atoms with Crippen LogP contribution >= 0.6 is 0 Å². The summed E-state index contributed by atoms with van der Waals surface area (Å²) >= 11 is 0. The Balaban J connectivity index is 1.35. The van der Waals surface area contributed by atoms with Gasteiger partial charge in [-0.05, 0) is 68.6 Å². The summed E-state index contributed by atoms with van der Waals surface area (Å²) in [5.41, 5.74) is -1.70. The first-order valence-corrected chi connectivity index (χ1v) is 18.8. The van der Waals surface area contributed by atoms with Crippen LogP contribution in [-0.4, -0.2) is 96.0 Å². The molecule has 0 bridgehead atoms. The Morgan fingerprint density at radius 2 is 1.92 bits per heavy atom. The number of carbonyl (C=O) groups excluding carboxylic acids is 3. The predicted octanol–water partition coefficient (Wildman–Crippen LogP) is 3.20. The molecule has 2 aliphatic heterocycles. The second-order valence-corrected chi connectivity index (χ2v) is 16.7. The smallest absolute Gasteiger partial charge is 0.405 e. The molecule has 0 radical (unpaired) electrons. The predicted molar refractivity (Wildman–Crippen MR) is 183 cm³/mol. The van der Waals surface area contributed by atoms with Crippen molar-refractivity contribution in [1.29, 1.82) is 0 Å². The second kappa shape index (κ2) is 14.1. The molecular weight excluding hydrogens is 704 g/mol. The highest BCUT2D eigenvalue weighted by atomic mass is 32.2. The fourth-order valence-electron chi connectivity index (χ4n) is 7.46. The summed E-state index contributed by atoms with van der Waals surface area (Å²) in [6.07, 6.45) is 4.44. The normalized spacial score (nSPS) is 30.2. The molecule has 4 aliphatic rings. The monoisotopic (exact) mass is 747 g/mol. The van der Waals surface area contributed by atoms with Gasteiger partial charge in [0.2, 0.25) is 27.7 Å². The summed E-state index contributed by atoms with van der Waals surface area (Å²) in [5, 5.41) is 15.6. The van der Waals surface area contributed by atoms with Gasteiger partial charge in [-0.25, -0.2) is 27.0 Å². The summed E-state index contributed by atoms with van der Waals surface area (Å²) in [7, 11) is -2.98. The summed E-state index contributed by atoms with van der Waals surface area (Å²) in [5.74, 6) is -3.69. The molecule has 1 aromatic heterocycles. The molecule has 1 saturated heterocycles. The van der Waals surface area contributed by atoms with E-state index in [-0.39, 0.29) is 49.4 Å². The van der Waals surface area contributed by atoms with Crippen molar-refractivity contribution in [3.63, 3.8) is 0 Å². The lowest BCUT2D eigenvalue weighted by Crippen LogP contribution is -2.59. The zero-order valence-corrected chi connectivity index (χ0v) is 29.9. The molecule has 4 N–H and O–H groups in total. The van der Waals surface area contributed by atoms with Gasteiger partial charge in [0.05, 0.1) is 25.2 Å². The highest BCUT2D eigenvalue weighted by Gasteiger charge is 2.64. The Labute approximate surface area is 299 Å². The van der Waals surface area contributed by atoms with Crippen LogP contribution < -0.4 is 24.8 Å². The van der Waals surface area contributed by atoms with Gasteiger partial charge in [0.25, 0.3) is 5.91 Å². The molecule has 4 amide bonds. The first-order chi connectivity index (χ1) is 24.6. The maximum absolute atomic E-state index is 14.4. The third-order valence-electron chi connectivity index (χ3n) is 10.8. The molecule has 17 heteroatoms. The molecule has 2 aromatic rings. The minimum atomic E-state index is -4.41. The van der Waals surface area contributed by atoms with Crippen molar-refractivity contribution >= 4 is 44.6 Å². The number of halogens is 2. The molecule has 14 nitrogen and oxygen atoms in total. The first kappa shape index (κ1) is 37.2. The molecule has 2 aliphatic carbocycles. The number of carbonyl (C=O) groups is 4. The summed E-state index contributed by atoms with van der Waals surface area (Å²) < 4.78 is 66.2. The van der Waals surface area contributed by atoms with Crippen molar-refractivity contribution in [3.8, 4) is 11.6 Å². The van der Waals surface area contributed by atoms with E-state index in [1.165, 1.54) is 36.4 Å². The van der Waals surface area contributed by atoms with Gasteiger partial charge in [-0.1, -0.05) is 26.0 Å². The van der Waals surface area contributed by atoms with Gasteiger partial charge < -0.3 is 30.1 Å². The minimum Gasteiger partial charge on any atom is -0.494 e. The number of rotatable bonds is 8. The van der Waals surface area contributed by atoms with Crippen LogP contribution in [0, 0.1) is 23.6 Å². The SMILES string of the molecule is COc1cnc(O[C@@H]2C[C@H]3C(=O)N[C@]4(C(=O)NS(=O)(=O)C5(CF)CC5)C[C@H]4C=CCC[C@H](C)C[C@@H](C)[C@H](NC(=O)O)C(=O)N3C2)c2cc(F)ccc12. The Hall–Kier alpha value is -4.54. The Bertz CT molecular complexity index is 1910. The molecular formula is C35H43F2N5O9S. The molecule has 7 atom stereocenters. The van der Waals surface area contributed by atoms with Gasteiger partial charge in [0, 0.05) is 17.7 Å². The molecule has 52 heavy (non-hydrogen) atoms. The fraction of sp³-hybridized carbons (Fsp3) is 0.571. The molecule has 0 spiro atoms. The highest BCUT2D eigenvalue weighted by molar-refractivity contribution is 7.91. The average molecular weight is 748 g/mol. The van der Waals surface area contributed by atoms with E-state index in [2.05, 4.69) is 15.6 Å². The number of alkyl halides is 1. The average Bonchev–Trinajstić information content (AvgIpc) is 4.00. The zero-order valence-electron chi connectivity index (χ0n) is 29.1. The van der Waals surface area contributed by atoms with Crippen molar-refractivity contribution in [2.45, 2.75) is 87.3 Å². The molecule has 0 unspecified atom stereocenters. The van der Waals surface area contributed by atoms with Crippen molar-refractivity contribution < 1.29 is 51.0 Å². The fourth-order valence-corrected chi connectivity index (χ4v) is 8.89. The quantitative estimate of drug-likeness (QED) is 0.292. The van der Waals surface area contributed by atoms with Gasteiger partial charge in [0.1, 0.15) is 46.7 Å². The van der Waals surface area contributed by atoms with Gasteiger partial charge in [-0.2, -0.15) is 0 Å². The van der Waals surface area contributed by atoms with E-state index < -0.39 is 86.6 Å². The topological polar surface area (TPSA) is 193 Å². The van der Waals surface area contributed by atoms with Crippen molar-refractivity contribution in [3.05, 3.63) is 42.4 Å². The van der Waals surface area contributed by atoms with E-state index in [0.717, 1.165) is 0 Å². The number of carboxylic acid groups (broad SMARTS) is 1. The van der Waals surface area contributed by atoms with Crippen LogP contribution in [0.4, 0.5) is 13.6 Å². The van der Waals surface area contributed by atoms with Crippen LogP contribution in [0.15, 0.2) is 36.5 Å². The maximum atomic E-state index is 14.4. The van der Waals surface area contributed by atoms with Crippen molar-refractivity contribution in [1.82, 2.24) is 25.2 Å². The van der Waals surface area contributed by atoms with E-state index in [1.807, 2.05) is 17.7 Å². The van der Waals surface area contributed by atoms with Crippen molar-refractivity contribution in [2.75, 3.05) is 20.3 Å². The molecule has 3 fully saturated rings.